The molecule has 0 aliphatic carbocycles. The highest BCUT2D eigenvalue weighted by Gasteiger charge is 2.26. The molecule has 0 amide bonds. The zero-order valence-electron chi connectivity index (χ0n) is 11.8. The molecule has 0 bridgehead atoms. The summed E-state index contributed by atoms with van der Waals surface area (Å²) in [6.07, 6.45) is 1.99. The number of anilines is 1. The molecule has 0 radical (unpaired) electrons. The van der Waals surface area contributed by atoms with E-state index in [2.05, 4.69) is 19.2 Å². The minimum atomic E-state index is -0.361. The Morgan fingerprint density at radius 1 is 1.37 bits per heavy atom. The van der Waals surface area contributed by atoms with Crippen molar-refractivity contribution in [2.75, 3.05) is 11.9 Å². The van der Waals surface area contributed by atoms with Gasteiger partial charge in [-0.3, -0.25) is 0 Å². The Labute approximate surface area is 120 Å². The highest BCUT2D eigenvalue weighted by atomic mass is 35.5. The molecule has 1 N–H and O–H groups in total. The number of hydrogen-bond donors (Lipinski definition) is 1. The molecule has 1 aromatic rings. The smallest absolute Gasteiger partial charge is 0.328 e. The second kappa shape index (κ2) is 8.05. The van der Waals surface area contributed by atoms with Gasteiger partial charge in [-0.25, -0.2) is 4.79 Å². The van der Waals surface area contributed by atoms with E-state index in [1.165, 1.54) is 0 Å². The second-order valence-electron chi connectivity index (χ2n) is 4.62. The molecule has 4 heteroatoms. The average Bonchev–Trinajstić information content (AvgIpc) is 2.38. The normalized spacial score (nSPS) is 13.7. The van der Waals surface area contributed by atoms with E-state index >= 15 is 0 Å². The molecule has 3 nitrogen and oxygen atoms in total. The molecule has 0 saturated carbocycles. The topological polar surface area (TPSA) is 38.3 Å². The monoisotopic (exact) mass is 283 g/mol. The fourth-order valence-corrected chi connectivity index (χ4v) is 2.22. The molecular formula is C15H22ClNO2. The Bertz CT molecular complexity index is 409. The maximum atomic E-state index is 12.0. The summed E-state index contributed by atoms with van der Waals surface area (Å²) in [4.78, 5) is 12.0. The molecule has 1 aromatic carbocycles. The van der Waals surface area contributed by atoms with Crippen molar-refractivity contribution in [1.82, 2.24) is 0 Å². The van der Waals surface area contributed by atoms with E-state index < -0.39 is 0 Å². The first-order valence-electron chi connectivity index (χ1n) is 6.77. The molecule has 1 rings (SSSR count). The van der Waals surface area contributed by atoms with E-state index in [9.17, 15) is 4.79 Å². The van der Waals surface area contributed by atoms with Crippen LogP contribution in [-0.4, -0.2) is 18.6 Å². The van der Waals surface area contributed by atoms with Gasteiger partial charge in [-0.1, -0.05) is 44.0 Å². The molecule has 0 heterocycles. The summed E-state index contributed by atoms with van der Waals surface area (Å²) >= 11 is 6.12. The predicted octanol–water partition coefficient (Wildman–Crippen LogP) is 4.12. The molecule has 0 aromatic heterocycles. The van der Waals surface area contributed by atoms with Crippen LogP contribution in [0.1, 0.15) is 33.6 Å². The molecule has 2 unspecified atom stereocenters. The van der Waals surface area contributed by atoms with Crippen molar-refractivity contribution in [3.8, 4) is 0 Å². The number of ether oxygens (including phenoxy) is 1. The van der Waals surface area contributed by atoms with Crippen LogP contribution in [0.15, 0.2) is 24.3 Å². The quantitative estimate of drug-likeness (QED) is 0.765. The van der Waals surface area contributed by atoms with Gasteiger partial charge in [0.25, 0.3) is 0 Å². The van der Waals surface area contributed by atoms with E-state index in [0.717, 1.165) is 18.5 Å². The van der Waals surface area contributed by atoms with Crippen molar-refractivity contribution < 1.29 is 9.53 Å². The lowest BCUT2D eigenvalue weighted by Crippen LogP contribution is -2.37. The third kappa shape index (κ3) is 4.75. The standard InChI is InChI=1S/C15H22ClNO2/c1-4-8-11(3)14(15(18)19-5-2)17-13-10-7-6-9-12(13)16/h6-7,9-11,14,17H,4-5,8H2,1-3H3. The Morgan fingerprint density at radius 2 is 2.05 bits per heavy atom. The van der Waals surface area contributed by atoms with E-state index in [1.54, 1.807) is 6.07 Å². The lowest BCUT2D eigenvalue weighted by Gasteiger charge is -2.24. The van der Waals surface area contributed by atoms with Gasteiger partial charge in [-0.2, -0.15) is 0 Å². The number of nitrogens with one attached hydrogen (secondary N) is 1. The fraction of sp³-hybridized carbons (Fsp3) is 0.533. The SMILES string of the molecule is CCCC(C)C(Nc1ccccc1Cl)C(=O)OCC. The van der Waals surface area contributed by atoms with Crippen LogP contribution in [0, 0.1) is 5.92 Å². The van der Waals surface area contributed by atoms with Crippen LogP contribution in [0.3, 0.4) is 0 Å². The summed E-state index contributed by atoms with van der Waals surface area (Å²) in [6, 6.07) is 7.06. The van der Waals surface area contributed by atoms with Crippen molar-refractivity contribution in [2.24, 2.45) is 5.92 Å². The summed E-state index contributed by atoms with van der Waals surface area (Å²) in [6.45, 7) is 6.36. The van der Waals surface area contributed by atoms with Crippen LogP contribution in [0.4, 0.5) is 5.69 Å². The van der Waals surface area contributed by atoms with Crippen LogP contribution in [0.2, 0.25) is 5.02 Å². The number of carbonyl (C=O) groups is 1. The highest BCUT2D eigenvalue weighted by molar-refractivity contribution is 6.33. The van der Waals surface area contributed by atoms with Crippen LogP contribution in [0.5, 0.6) is 0 Å². The van der Waals surface area contributed by atoms with E-state index in [0.29, 0.717) is 11.6 Å². The zero-order valence-corrected chi connectivity index (χ0v) is 12.5. The molecule has 19 heavy (non-hydrogen) atoms. The highest BCUT2D eigenvalue weighted by Crippen LogP contribution is 2.24. The number of esters is 1. The van der Waals surface area contributed by atoms with Crippen molar-refractivity contribution in [1.29, 1.82) is 0 Å². The van der Waals surface area contributed by atoms with Gasteiger partial charge >= 0.3 is 5.97 Å². The Kier molecular flexibility index (Phi) is 6.71. The molecule has 2 atom stereocenters. The van der Waals surface area contributed by atoms with Gasteiger partial charge in [0.2, 0.25) is 0 Å². The summed E-state index contributed by atoms with van der Waals surface area (Å²) in [7, 11) is 0. The van der Waals surface area contributed by atoms with Crippen molar-refractivity contribution in [2.45, 2.75) is 39.7 Å². The lowest BCUT2D eigenvalue weighted by molar-refractivity contribution is -0.145. The number of hydrogen-bond acceptors (Lipinski definition) is 3. The van der Waals surface area contributed by atoms with Gasteiger partial charge in [0, 0.05) is 0 Å². The molecule has 0 saturated heterocycles. The summed E-state index contributed by atoms with van der Waals surface area (Å²) in [5, 5.41) is 3.82. The van der Waals surface area contributed by atoms with E-state index in [4.69, 9.17) is 16.3 Å². The molecule has 0 aliphatic rings. The van der Waals surface area contributed by atoms with E-state index in [1.807, 2.05) is 25.1 Å². The number of rotatable bonds is 7. The number of benzene rings is 1. The van der Waals surface area contributed by atoms with Gasteiger partial charge in [-0.15, -0.1) is 0 Å². The van der Waals surface area contributed by atoms with Crippen LogP contribution in [-0.2, 0) is 9.53 Å². The zero-order chi connectivity index (χ0) is 14.3. The van der Waals surface area contributed by atoms with Gasteiger partial charge in [0.05, 0.1) is 17.3 Å². The minimum absolute atomic E-state index is 0.195. The largest absolute Gasteiger partial charge is 0.464 e. The maximum absolute atomic E-state index is 12.0. The van der Waals surface area contributed by atoms with Gasteiger partial charge in [0.15, 0.2) is 0 Å². The summed E-state index contributed by atoms with van der Waals surface area (Å²) in [5.74, 6) is -0.0244. The second-order valence-corrected chi connectivity index (χ2v) is 5.03. The number of para-hydroxylation sites is 1. The lowest BCUT2D eigenvalue weighted by atomic mass is 9.96. The van der Waals surface area contributed by atoms with Crippen LogP contribution in [0.25, 0.3) is 0 Å². The molecule has 106 valence electrons. The first-order valence-corrected chi connectivity index (χ1v) is 7.15. The molecule has 0 aliphatic heterocycles. The average molecular weight is 284 g/mol. The van der Waals surface area contributed by atoms with Crippen LogP contribution >= 0.6 is 11.6 Å². The molecular weight excluding hydrogens is 262 g/mol. The first kappa shape index (κ1) is 15.8. The van der Waals surface area contributed by atoms with Gasteiger partial charge < -0.3 is 10.1 Å². The third-order valence-electron chi connectivity index (χ3n) is 3.04. The van der Waals surface area contributed by atoms with Crippen molar-refractivity contribution in [3.05, 3.63) is 29.3 Å². The first-order chi connectivity index (χ1) is 9.10. The maximum Gasteiger partial charge on any atom is 0.328 e. The molecule has 0 fully saturated rings. The number of halogens is 1. The summed E-state index contributed by atoms with van der Waals surface area (Å²) in [5.41, 5.74) is 0.769. The van der Waals surface area contributed by atoms with Gasteiger partial charge in [-0.05, 0) is 31.4 Å². The Balaban J connectivity index is 2.85. The predicted molar refractivity (Wildman–Crippen MR) is 79.6 cm³/mol. The number of carbonyl (C=O) groups excluding carboxylic acids is 1. The third-order valence-corrected chi connectivity index (χ3v) is 3.37. The van der Waals surface area contributed by atoms with Crippen molar-refractivity contribution in [3.63, 3.8) is 0 Å². The fourth-order valence-electron chi connectivity index (χ4n) is 2.03. The minimum Gasteiger partial charge on any atom is -0.464 e. The van der Waals surface area contributed by atoms with Gasteiger partial charge in [0.1, 0.15) is 6.04 Å². The Morgan fingerprint density at radius 3 is 2.63 bits per heavy atom. The van der Waals surface area contributed by atoms with Crippen LogP contribution < -0.4 is 5.32 Å². The van der Waals surface area contributed by atoms with E-state index in [-0.39, 0.29) is 17.9 Å². The Hall–Kier alpha value is -1.22. The van der Waals surface area contributed by atoms with Crippen molar-refractivity contribution >= 4 is 23.3 Å². The summed E-state index contributed by atoms with van der Waals surface area (Å²) < 4.78 is 5.14. The molecule has 0 spiro atoms.